The van der Waals surface area contributed by atoms with Crippen molar-refractivity contribution in [3.63, 3.8) is 0 Å². The fourth-order valence-corrected chi connectivity index (χ4v) is 1.69. The molecule has 84 valence electrons. The van der Waals surface area contributed by atoms with Crippen LogP contribution in [0, 0.1) is 5.92 Å². The average Bonchev–Trinajstić information content (AvgIpc) is 2.26. The second kappa shape index (κ2) is 6.80. The standard InChI is InChI=1S/C11H18BrN3/c1-9(8-13)4-2-6-14-11-10(12)5-3-7-15-11/h3,5,7,9H,2,4,6,8,13H2,1H3,(H,14,15). The second-order valence-electron chi connectivity index (χ2n) is 3.74. The zero-order chi connectivity index (χ0) is 11.1. The lowest BCUT2D eigenvalue weighted by molar-refractivity contribution is 0.529. The highest BCUT2D eigenvalue weighted by atomic mass is 79.9. The van der Waals surface area contributed by atoms with Crippen molar-refractivity contribution < 1.29 is 0 Å². The van der Waals surface area contributed by atoms with Crippen LogP contribution in [-0.2, 0) is 0 Å². The third-order valence-electron chi connectivity index (χ3n) is 2.33. The van der Waals surface area contributed by atoms with Crippen molar-refractivity contribution in [2.24, 2.45) is 11.7 Å². The Bertz CT molecular complexity index is 291. The molecule has 0 aliphatic carbocycles. The van der Waals surface area contributed by atoms with E-state index in [4.69, 9.17) is 5.73 Å². The summed E-state index contributed by atoms with van der Waals surface area (Å²) in [6.07, 6.45) is 4.07. The molecule has 0 fully saturated rings. The van der Waals surface area contributed by atoms with E-state index in [2.05, 4.69) is 33.2 Å². The Morgan fingerprint density at radius 3 is 3.07 bits per heavy atom. The van der Waals surface area contributed by atoms with E-state index >= 15 is 0 Å². The van der Waals surface area contributed by atoms with Gasteiger partial charge in [-0.25, -0.2) is 4.98 Å². The second-order valence-corrected chi connectivity index (χ2v) is 4.60. The Morgan fingerprint density at radius 2 is 2.40 bits per heavy atom. The van der Waals surface area contributed by atoms with E-state index in [1.54, 1.807) is 6.20 Å². The van der Waals surface area contributed by atoms with Crippen molar-refractivity contribution in [3.8, 4) is 0 Å². The number of nitrogens with two attached hydrogens (primary N) is 1. The highest BCUT2D eigenvalue weighted by Gasteiger charge is 2.00. The highest BCUT2D eigenvalue weighted by Crippen LogP contribution is 2.18. The van der Waals surface area contributed by atoms with E-state index in [0.29, 0.717) is 5.92 Å². The van der Waals surface area contributed by atoms with E-state index in [0.717, 1.165) is 36.2 Å². The average molecular weight is 272 g/mol. The van der Waals surface area contributed by atoms with Crippen LogP contribution in [0.2, 0.25) is 0 Å². The predicted molar refractivity (Wildman–Crippen MR) is 67.9 cm³/mol. The van der Waals surface area contributed by atoms with Gasteiger partial charge in [-0.05, 0) is 53.4 Å². The molecule has 1 rings (SSSR count). The summed E-state index contributed by atoms with van der Waals surface area (Å²) in [5.74, 6) is 1.52. The number of nitrogens with one attached hydrogen (secondary N) is 1. The molecule has 0 aliphatic heterocycles. The van der Waals surface area contributed by atoms with E-state index < -0.39 is 0 Å². The summed E-state index contributed by atoms with van der Waals surface area (Å²) in [5, 5.41) is 3.29. The minimum Gasteiger partial charge on any atom is -0.369 e. The molecule has 0 saturated carbocycles. The van der Waals surface area contributed by atoms with Crippen molar-refractivity contribution in [1.82, 2.24) is 4.98 Å². The maximum absolute atomic E-state index is 5.55. The summed E-state index contributed by atoms with van der Waals surface area (Å²) in [5.41, 5.74) is 5.55. The Labute approximate surface area is 99.6 Å². The van der Waals surface area contributed by atoms with Crippen molar-refractivity contribution >= 4 is 21.7 Å². The number of hydrogen-bond acceptors (Lipinski definition) is 3. The lowest BCUT2D eigenvalue weighted by Crippen LogP contribution is -2.12. The van der Waals surface area contributed by atoms with Crippen LogP contribution in [-0.4, -0.2) is 18.1 Å². The van der Waals surface area contributed by atoms with Crippen LogP contribution >= 0.6 is 15.9 Å². The highest BCUT2D eigenvalue weighted by molar-refractivity contribution is 9.10. The minimum absolute atomic E-state index is 0.610. The fourth-order valence-electron chi connectivity index (χ4n) is 1.29. The van der Waals surface area contributed by atoms with Gasteiger partial charge < -0.3 is 11.1 Å². The van der Waals surface area contributed by atoms with Gasteiger partial charge in [-0.15, -0.1) is 0 Å². The topological polar surface area (TPSA) is 50.9 Å². The molecular weight excluding hydrogens is 254 g/mol. The minimum atomic E-state index is 0.610. The lowest BCUT2D eigenvalue weighted by Gasteiger charge is -2.09. The van der Waals surface area contributed by atoms with Crippen LogP contribution in [0.15, 0.2) is 22.8 Å². The first-order valence-electron chi connectivity index (χ1n) is 5.28. The van der Waals surface area contributed by atoms with Gasteiger partial charge in [0, 0.05) is 12.7 Å². The Balaban J connectivity index is 2.23. The third-order valence-corrected chi connectivity index (χ3v) is 2.97. The molecule has 0 aromatic carbocycles. The molecule has 1 heterocycles. The van der Waals surface area contributed by atoms with Gasteiger partial charge >= 0.3 is 0 Å². The summed E-state index contributed by atoms with van der Waals surface area (Å²) >= 11 is 3.45. The van der Waals surface area contributed by atoms with Crippen molar-refractivity contribution in [1.29, 1.82) is 0 Å². The number of halogens is 1. The van der Waals surface area contributed by atoms with E-state index in [1.807, 2.05) is 12.1 Å². The van der Waals surface area contributed by atoms with E-state index in [9.17, 15) is 0 Å². The molecule has 1 atom stereocenters. The summed E-state index contributed by atoms with van der Waals surface area (Å²) in [6.45, 7) is 3.89. The van der Waals surface area contributed by atoms with E-state index in [1.165, 1.54) is 0 Å². The molecule has 0 spiro atoms. The molecule has 3 N–H and O–H groups in total. The smallest absolute Gasteiger partial charge is 0.140 e. The van der Waals surface area contributed by atoms with Gasteiger partial charge in [0.25, 0.3) is 0 Å². The van der Waals surface area contributed by atoms with Crippen LogP contribution in [0.4, 0.5) is 5.82 Å². The van der Waals surface area contributed by atoms with Crippen LogP contribution in [0.1, 0.15) is 19.8 Å². The Kier molecular flexibility index (Phi) is 5.65. The summed E-state index contributed by atoms with van der Waals surface area (Å²) in [4.78, 5) is 4.23. The monoisotopic (exact) mass is 271 g/mol. The molecule has 1 aromatic rings. The molecular formula is C11H18BrN3. The number of aromatic nitrogens is 1. The fraction of sp³-hybridized carbons (Fsp3) is 0.545. The van der Waals surface area contributed by atoms with Crippen LogP contribution < -0.4 is 11.1 Å². The maximum atomic E-state index is 5.55. The number of rotatable bonds is 6. The van der Waals surface area contributed by atoms with Crippen LogP contribution in [0.3, 0.4) is 0 Å². The summed E-state index contributed by atoms with van der Waals surface area (Å²) in [7, 11) is 0. The first-order chi connectivity index (χ1) is 7.24. The van der Waals surface area contributed by atoms with Gasteiger partial charge in [-0.3, -0.25) is 0 Å². The molecule has 4 heteroatoms. The van der Waals surface area contributed by atoms with Gasteiger partial charge in [0.2, 0.25) is 0 Å². The maximum Gasteiger partial charge on any atom is 0.140 e. The SMILES string of the molecule is CC(CN)CCCNc1ncccc1Br. The first-order valence-corrected chi connectivity index (χ1v) is 6.07. The molecule has 0 saturated heterocycles. The van der Waals surface area contributed by atoms with Gasteiger partial charge in [0.1, 0.15) is 5.82 Å². The number of anilines is 1. The molecule has 1 unspecified atom stereocenters. The number of nitrogens with zero attached hydrogens (tertiary/aromatic N) is 1. The quantitative estimate of drug-likeness (QED) is 0.783. The molecule has 1 aromatic heterocycles. The molecule has 15 heavy (non-hydrogen) atoms. The zero-order valence-electron chi connectivity index (χ0n) is 9.04. The van der Waals surface area contributed by atoms with Crippen molar-refractivity contribution in [3.05, 3.63) is 22.8 Å². The molecule has 0 radical (unpaired) electrons. The van der Waals surface area contributed by atoms with Crippen molar-refractivity contribution in [2.45, 2.75) is 19.8 Å². The van der Waals surface area contributed by atoms with Gasteiger partial charge in [-0.2, -0.15) is 0 Å². The summed E-state index contributed by atoms with van der Waals surface area (Å²) in [6, 6.07) is 3.89. The normalized spacial score (nSPS) is 12.5. The number of hydrogen-bond donors (Lipinski definition) is 2. The lowest BCUT2D eigenvalue weighted by atomic mass is 10.1. The molecule has 3 nitrogen and oxygen atoms in total. The molecule has 0 aliphatic rings. The molecule has 0 amide bonds. The third kappa shape index (κ3) is 4.62. The Hall–Kier alpha value is -0.610. The number of pyridine rings is 1. The zero-order valence-corrected chi connectivity index (χ0v) is 10.6. The Morgan fingerprint density at radius 1 is 1.60 bits per heavy atom. The van der Waals surface area contributed by atoms with E-state index in [-0.39, 0.29) is 0 Å². The van der Waals surface area contributed by atoms with Crippen LogP contribution in [0.25, 0.3) is 0 Å². The van der Waals surface area contributed by atoms with Gasteiger partial charge in [0.05, 0.1) is 4.47 Å². The van der Waals surface area contributed by atoms with Gasteiger partial charge in [-0.1, -0.05) is 6.92 Å². The summed E-state index contributed by atoms with van der Waals surface area (Å²) < 4.78 is 1.01. The predicted octanol–water partition coefficient (Wildman–Crippen LogP) is 2.63. The first kappa shape index (κ1) is 12.5. The van der Waals surface area contributed by atoms with Crippen LogP contribution in [0.5, 0.6) is 0 Å². The molecule has 0 bridgehead atoms. The largest absolute Gasteiger partial charge is 0.369 e. The van der Waals surface area contributed by atoms with Crippen molar-refractivity contribution in [2.75, 3.05) is 18.4 Å². The van der Waals surface area contributed by atoms with Gasteiger partial charge in [0.15, 0.2) is 0 Å².